The number of hydrogen-bond acceptors (Lipinski definition) is 4. The van der Waals surface area contributed by atoms with Gasteiger partial charge in [-0.25, -0.2) is 4.98 Å². The molecule has 0 radical (unpaired) electrons. The molecule has 1 aromatic heterocycles. The number of nitrogens with zero attached hydrogens (tertiary/aromatic N) is 1. The van der Waals surface area contributed by atoms with Gasteiger partial charge in [0.15, 0.2) is 11.8 Å². The lowest BCUT2D eigenvalue weighted by molar-refractivity contribution is -0.923. The van der Waals surface area contributed by atoms with Crippen LogP contribution in [0.4, 0.5) is 0 Å². The van der Waals surface area contributed by atoms with E-state index in [2.05, 4.69) is 32.2 Å². The number of quaternary nitrogens is 1. The molecular formula is C19H20ClN2O2S+. The molecule has 1 aliphatic heterocycles. The summed E-state index contributed by atoms with van der Waals surface area (Å²) in [7, 11) is 2.18. The fourth-order valence-corrected chi connectivity index (χ4v) is 4.50. The second-order valence-electron chi connectivity index (χ2n) is 6.43. The van der Waals surface area contributed by atoms with Crippen molar-refractivity contribution in [2.24, 2.45) is 0 Å². The van der Waals surface area contributed by atoms with Gasteiger partial charge in [0, 0.05) is 10.6 Å². The van der Waals surface area contributed by atoms with Crippen molar-refractivity contribution in [3.63, 3.8) is 0 Å². The molecule has 0 fully saturated rings. The van der Waals surface area contributed by atoms with E-state index >= 15 is 0 Å². The molecule has 1 N–H and O–H groups in total. The summed E-state index contributed by atoms with van der Waals surface area (Å²) in [5, 5.41) is 1.88. The summed E-state index contributed by atoms with van der Waals surface area (Å²) < 4.78 is 12.3. The van der Waals surface area contributed by atoms with E-state index in [1.807, 2.05) is 18.2 Å². The molecule has 2 heterocycles. The smallest absolute Gasteiger partial charge is 0.189 e. The van der Waals surface area contributed by atoms with Crippen LogP contribution in [0.5, 0.6) is 5.75 Å². The van der Waals surface area contributed by atoms with E-state index in [0.29, 0.717) is 13.4 Å². The van der Waals surface area contributed by atoms with Gasteiger partial charge in [-0.2, -0.15) is 0 Å². The molecule has 0 saturated heterocycles. The molecule has 25 heavy (non-hydrogen) atoms. The van der Waals surface area contributed by atoms with Crippen molar-refractivity contribution in [1.29, 1.82) is 0 Å². The van der Waals surface area contributed by atoms with E-state index in [0.717, 1.165) is 39.0 Å². The minimum Gasteiger partial charge on any atom is -0.467 e. The second kappa shape index (κ2) is 6.92. The van der Waals surface area contributed by atoms with E-state index in [1.54, 1.807) is 11.3 Å². The van der Waals surface area contributed by atoms with Gasteiger partial charge in [-0.3, -0.25) is 0 Å². The molecule has 4 rings (SSSR count). The maximum Gasteiger partial charge on any atom is 0.189 e. The lowest BCUT2D eigenvalue weighted by atomic mass is 10.1. The van der Waals surface area contributed by atoms with Crippen LogP contribution < -0.4 is 9.64 Å². The Morgan fingerprint density at radius 1 is 1.32 bits per heavy atom. The van der Waals surface area contributed by atoms with E-state index in [4.69, 9.17) is 26.1 Å². The van der Waals surface area contributed by atoms with Crippen molar-refractivity contribution >= 4 is 33.2 Å². The van der Waals surface area contributed by atoms with E-state index in [1.165, 1.54) is 9.60 Å². The van der Waals surface area contributed by atoms with Crippen molar-refractivity contribution in [1.82, 2.24) is 4.98 Å². The second-order valence-corrected chi connectivity index (χ2v) is 7.93. The average Bonchev–Trinajstić information content (AvgIpc) is 3.05. The van der Waals surface area contributed by atoms with Crippen molar-refractivity contribution < 1.29 is 14.4 Å². The molecule has 4 nitrogen and oxygen atoms in total. The normalized spacial score (nSPS) is 16.3. The Morgan fingerprint density at radius 2 is 2.16 bits per heavy atom. The number of halogens is 1. The third-order valence-corrected chi connectivity index (χ3v) is 6.08. The molecule has 1 unspecified atom stereocenters. The summed E-state index contributed by atoms with van der Waals surface area (Å²) in [4.78, 5) is 6.15. The first kappa shape index (κ1) is 16.8. The Labute approximate surface area is 156 Å². The lowest BCUT2D eigenvalue weighted by Gasteiger charge is -2.24. The van der Waals surface area contributed by atoms with Gasteiger partial charge in [-0.15, -0.1) is 11.3 Å². The number of ether oxygens (including phenoxy) is 2. The predicted octanol–water partition coefficient (Wildman–Crippen LogP) is 3.59. The maximum absolute atomic E-state index is 6.28. The molecule has 2 aromatic carbocycles. The van der Waals surface area contributed by atoms with Gasteiger partial charge < -0.3 is 14.4 Å². The Morgan fingerprint density at radius 3 is 3.00 bits per heavy atom. The van der Waals surface area contributed by atoms with Crippen molar-refractivity contribution in [3.8, 4) is 5.75 Å². The van der Waals surface area contributed by atoms with E-state index in [-0.39, 0.29) is 6.04 Å². The SMILES string of the molecule is C[C@H](c1nc2ccccc2s1)[NH+](C)Cc1cc(Cl)cc2c1OCOC2. The highest BCUT2D eigenvalue weighted by Gasteiger charge is 2.24. The number of nitrogens with one attached hydrogen (secondary N) is 1. The molecule has 0 saturated carbocycles. The third kappa shape index (κ3) is 3.37. The minimum atomic E-state index is 0.284. The van der Waals surface area contributed by atoms with Crippen LogP contribution in [0.3, 0.4) is 0 Å². The maximum atomic E-state index is 6.28. The monoisotopic (exact) mass is 375 g/mol. The topological polar surface area (TPSA) is 35.8 Å². The summed E-state index contributed by atoms with van der Waals surface area (Å²) in [6, 6.07) is 12.5. The van der Waals surface area contributed by atoms with Gasteiger partial charge in [0.1, 0.15) is 18.3 Å². The zero-order valence-corrected chi connectivity index (χ0v) is 15.8. The average molecular weight is 376 g/mol. The standard InChI is InChI=1S/C19H19ClN2O2S/c1-12(19-21-16-5-3-4-6-17(16)25-19)22(2)9-13-7-15(20)8-14-10-23-11-24-18(13)14/h3-8,12H,9-11H2,1-2H3/p+1/t12-/m1/s1. The molecule has 0 amide bonds. The van der Waals surface area contributed by atoms with Crippen molar-refractivity contribution in [3.05, 3.63) is 57.6 Å². The summed E-state index contributed by atoms with van der Waals surface area (Å²) in [5.74, 6) is 0.923. The van der Waals surface area contributed by atoms with Gasteiger partial charge in [-0.1, -0.05) is 23.7 Å². The van der Waals surface area contributed by atoms with Crippen LogP contribution in [0, 0.1) is 0 Å². The number of hydrogen-bond donors (Lipinski definition) is 1. The molecule has 2 atom stereocenters. The lowest BCUT2D eigenvalue weighted by Crippen LogP contribution is -3.07. The Kier molecular flexibility index (Phi) is 4.65. The van der Waals surface area contributed by atoms with Crippen molar-refractivity contribution in [2.45, 2.75) is 26.1 Å². The summed E-state index contributed by atoms with van der Waals surface area (Å²) >= 11 is 8.05. The minimum absolute atomic E-state index is 0.284. The van der Waals surface area contributed by atoms with Gasteiger partial charge >= 0.3 is 0 Å². The molecule has 130 valence electrons. The zero-order valence-electron chi connectivity index (χ0n) is 14.2. The van der Waals surface area contributed by atoms with Gasteiger partial charge in [0.25, 0.3) is 0 Å². The van der Waals surface area contributed by atoms with Crippen LogP contribution in [0.15, 0.2) is 36.4 Å². The molecule has 0 bridgehead atoms. The summed E-state index contributed by atoms with van der Waals surface area (Å²) in [6.45, 7) is 3.89. The number of aromatic nitrogens is 1. The van der Waals surface area contributed by atoms with E-state index < -0.39 is 0 Å². The summed E-state index contributed by atoms with van der Waals surface area (Å²) in [5.41, 5.74) is 3.22. The molecule has 0 aliphatic carbocycles. The number of benzene rings is 2. The zero-order chi connectivity index (χ0) is 17.4. The number of thiazole rings is 1. The predicted molar refractivity (Wildman–Crippen MR) is 100 cm³/mol. The van der Waals surface area contributed by atoms with Crippen LogP contribution >= 0.6 is 22.9 Å². The first-order chi connectivity index (χ1) is 12.1. The first-order valence-corrected chi connectivity index (χ1v) is 9.51. The highest BCUT2D eigenvalue weighted by molar-refractivity contribution is 7.18. The van der Waals surface area contributed by atoms with Crippen LogP contribution in [0.2, 0.25) is 5.02 Å². The molecular weight excluding hydrogens is 356 g/mol. The van der Waals surface area contributed by atoms with Crippen LogP contribution in [0.25, 0.3) is 10.2 Å². The van der Waals surface area contributed by atoms with Crippen LogP contribution in [0.1, 0.15) is 29.1 Å². The first-order valence-electron chi connectivity index (χ1n) is 8.31. The Bertz CT molecular complexity index is 879. The molecule has 3 aromatic rings. The Hall–Kier alpha value is -1.66. The Balaban J connectivity index is 1.59. The van der Waals surface area contributed by atoms with Gasteiger partial charge in [0.2, 0.25) is 0 Å². The fourth-order valence-electron chi connectivity index (χ4n) is 3.13. The van der Waals surface area contributed by atoms with Gasteiger partial charge in [0.05, 0.1) is 29.4 Å². The third-order valence-electron chi connectivity index (χ3n) is 4.64. The highest BCUT2D eigenvalue weighted by Crippen LogP contribution is 2.31. The molecule has 1 aliphatic rings. The largest absolute Gasteiger partial charge is 0.467 e. The quantitative estimate of drug-likeness (QED) is 0.757. The van der Waals surface area contributed by atoms with Crippen LogP contribution in [-0.2, 0) is 17.9 Å². The molecule has 6 heteroatoms. The number of fused-ring (bicyclic) bond motifs is 2. The van der Waals surface area contributed by atoms with Crippen molar-refractivity contribution in [2.75, 3.05) is 13.8 Å². The van der Waals surface area contributed by atoms with Gasteiger partial charge in [-0.05, 0) is 31.2 Å². The summed E-state index contributed by atoms with van der Waals surface area (Å²) in [6.07, 6.45) is 0. The fraction of sp³-hybridized carbons (Fsp3) is 0.316. The van der Waals surface area contributed by atoms with Crippen LogP contribution in [-0.4, -0.2) is 18.8 Å². The highest BCUT2D eigenvalue weighted by atomic mass is 35.5. The molecule has 0 spiro atoms. The number of rotatable bonds is 4. The van der Waals surface area contributed by atoms with E-state index in [9.17, 15) is 0 Å². The number of para-hydroxylation sites is 1.